The molecule has 1 aromatic carbocycles. The standard InChI is InChI=1S/C13H15ClN2O4S/c14-11-3-1-10(2-4-11)13(18)16-15-12(17)7-9-5-6-21(19,20)8-9/h1-4,9H,5-8H2,(H,15,17)(H,16,18)/t9-/m1/s1. The third-order valence-electron chi connectivity index (χ3n) is 3.22. The van der Waals surface area contributed by atoms with Gasteiger partial charge in [0.2, 0.25) is 5.91 Å². The summed E-state index contributed by atoms with van der Waals surface area (Å²) in [7, 11) is -3.00. The first-order valence-corrected chi connectivity index (χ1v) is 8.61. The normalized spacial score (nSPS) is 20.0. The molecule has 2 rings (SSSR count). The third kappa shape index (κ3) is 4.71. The van der Waals surface area contributed by atoms with Crippen LogP contribution in [-0.2, 0) is 14.6 Å². The van der Waals surface area contributed by atoms with Crippen molar-refractivity contribution in [2.75, 3.05) is 11.5 Å². The van der Waals surface area contributed by atoms with Crippen molar-refractivity contribution < 1.29 is 18.0 Å². The van der Waals surface area contributed by atoms with Gasteiger partial charge in [0.1, 0.15) is 0 Å². The summed E-state index contributed by atoms with van der Waals surface area (Å²) in [5, 5.41) is 0.512. The van der Waals surface area contributed by atoms with Crippen molar-refractivity contribution in [3.63, 3.8) is 0 Å². The van der Waals surface area contributed by atoms with Crippen molar-refractivity contribution in [2.45, 2.75) is 12.8 Å². The van der Waals surface area contributed by atoms with Crippen LogP contribution in [0.1, 0.15) is 23.2 Å². The molecule has 1 saturated heterocycles. The number of halogens is 1. The molecule has 1 aliphatic rings. The average molecular weight is 331 g/mol. The van der Waals surface area contributed by atoms with Crippen LogP contribution >= 0.6 is 11.6 Å². The second kappa shape index (κ2) is 6.44. The lowest BCUT2D eigenvalue weighted by Gasteiger charge is -2.10. The molecule has 2 N–H and O–H groups in total. The largest absolute Gasteiger partial charge is 0.273 e. The van der Waals surface area contributed by atoms with Gasteiger partial charge in [-0.05, 0) is 36.6 Å². The Morgan fingerprint density at radius 1 is 1.19 bits per heavy atom. The maximum atomic E-state index is 11.7. The number of hydrogen-bond acceptors (Lipinski definition) is 4. The molecule has 0 saturated carbocycles. The smallest absolute Gasteiger partial charge is 0.269 e. The van der Waals surface area contributed by atoms with E-state index in [-0.39, 0.29) is 23.8 Å². The van der Waals surface area contributed by atoms with E-state index < -0.39 is 21.7 Å². The first kappa shape index (κ1) is 15.8. The molecule has 1 aliphatic heterocycles. The van der Waals surface area contributed by atoms with Crippen LogP contribution < -0.4 is 10.9 Å². The van der Waals surface area contributed by atoms with E-state index in [0.29, 0.717) is 17.0 Å². The van der Waals surface area contributed by atoms with Crippen molar-refractivity contribution in [3.05, 3.63) is 34.9 Å². The van der Waals surface area contributed by atoms with Crippen molar-refractivity contribution in [3.8, 4) is 0 Å². The Bertz CT molecular complexity index is 643. The molecule has 1 fully saturated rings. The first-order chi connectivity index (χ1) is 9.85. The molecule has 0 bridgehead atoms. The number of carbonyl (C=O) groups is 2. The van der Waals surface area contributed by atoms with E-state index in [1.165, 1.54) is 12.1 Å². The Kier molecular flexibility index (Phi) is 4.84. The molecule has 1 aromatic rings. The molecule has 114 valence electrons. The molecule has 21 heavy (non-hydrogen) atoms. The Morgan fingerprint density at radius 2 is 1.86 bits per heavy atom. The number of amides is 2. The second-order valence-corrected chi connectivity index (χ2v) is 7.65. The fourth-order valence-electron chi connectivity index (χ4n) is 2.15. The molecule has 0 radical (unpaired) electrons. The Labute approximate surface area is 127 Å². The van der Waals surface area contributed by atoms with E-state index in [9.17, 15) is 18.0 Å². The van der Waals surface area contributed by atoms with Gasteiger partial charge in [-0.3, -0.25) is 20.4 Å². The topological polar surface area (TPSA) is 92.3 Å². The number of hydrogen-bond donors (Lipinski definition) is 2. The third-order valence-corrected chi connectivity index (χ3v) is 5.31. The fraction of sp³-hybridized carbons (Fsp3) is 0.385. The van der Waals surface area contributed by atoms with E-state index >= 15 is 0 Å². The lowest BCUT2D eigenvalue weighted by atomic mass is 10.1. The van der Waals surface area contributed by atoms with Crippen LogP contribution in [0.15, 0.2) is 24.3 Å². The van der Waals surface area contributed by atoms with Crippen molar-refractivity contribution >= 4 is 33.3 Å². The van der Waals surface area contributed by atoms with Crippen LogP contribution in [0.4, 0.5) is 0 Å². The van der Waals surface area contributed by atoms with Gasteiger partial charge in [0, 0.05) is 17.0 Å². The number of rotatable bonds is 3. The van der Waals surface area contributed by atoms with E-state index in [1.54, 1.807) is 12.1 Å². The Balaban J connectivity index is 1.79. The summed E-state index contributed by atoms with van der Waals surface area (Å²) >= 11 is 5.71. The van der Waals surface area contributed by atoms with Crippen LogP contribution in [0, 0.1) is 5.92 Å². The van der Waals surface area contributed by atoms with Gasteiger partial charge in [-0.1, -0.05) is 11.6 Å². The average Bonchev–Trinajstić information content (AvgIpc) is 2.76. The van der Waals surface area contributed by atoms with Crippen molar-refractivity contribution in [1.82, 2.24) is 10.9 Å². The summed E-state index contributed by atoms with van der Waals surface area (Å²) in [5.74, 6) is -0.880. The monoisotopic (exact) mass is 330 g/mol. The summed E-state index contributed by atoms with van der Waals surface area (Å²) in [5.41, 5.74) is 4.93. The minimum absolute atomic E-state index is 0.0333. The Hall–Kier alpha value is -1.60. The number of carbonyl (C=O) groups excluding carboxylic acids is 2. The van der Waals surface area contributed by atoms with Gasteiger partial charge in [-0.2, -0.15) is 0 Å². The number of sulfone groups is 1. The van der Waals surface area contributed by atoms with E-state index in [1.807, 2.05) is 0 Å². The van der Waals surface area contributed by atoms with Gasteiger partial charge in [0.25, 0.3) is 5.91 Å². The maximum absolute atomic E-state index is 11.7. The molecule has 1 heterocycles. The zero-order valence-corrected chi connectivity index (χ0v) is 12.7. The number of hydrazine groups is 1. The fourth-order valence-corrected chi connectivity index (χ4v) is 4.13. The highest BCUT2D eigenvalue weighted by Crippen LogP contribution is 2.21. The molecule has 1 atom stereocenters. The molecule has 2 amide bonds. The van der Waals surface area contributed by atoms with Crippen LogP contribution in [-0.4, -0.2) is 31.7 Å². The molecule has 0 aromatic heterocycles. The molecule has 6 nitrogen and oxygen atoms in total. The highest BCUT2D eigenvalue weighted by atomic mass is 35.5. The summed E-state index contributed by atoms with van der Waals surface area (Å²) in [4.78, 5) is 23.4. The van der Waals surface area contributed by atoms with E-state index in [2.05, 4.69) is 10.9 Å². The van der Waals surface area contributed by atoms with E-state index in [0.717, 1.165) is 0 Å². The highest BCUT2D eigenvalue weighted by molar-refractivity contribution is 7.91. The second-order valence-electron chi connectivity index (χ2n) is 4.98. The molecule has 8 heteroatoms. The van der Waals surface area contributed by atoms with Crippen LogP contribution in [0.25, 0.3) is 0 Å². The van der Waals surface area contributed by atoms with Gasteiger partial charge in [0.05, 0.1) is 11.5 Å². The van der Waals surface area contributed by atoms with Gasteiger partial charge in [-0.25, -0.2) is 8.42 Å². The van der Waals surface area contributed by atoms with Crippen molar-refractivity contribution in [2.24, 2.45) is 5.92 Å². The quantitative estimate of drug-likeness (QED) is 0.806. The summed E-state index contributed by atoms with van der Waals surface area (Å²) < 4.78 is 22.6. The SMILES string of the molecule is O=C(C[C@H]1CCS(=O)(=O)C1)NNC(=O)c1ccc(Cl)cc1. The molecular weight excluding hydrogens is 316 g/mol. The maximum Gasteiger partial charge on any atom is 0.269 e. The van der Waals surface area contributed by atoms with Crippen LogP contribution in [0.2, 0.25) is 5.02 Å². The minimum Gasteiger partial charge on any atom is -0.273 e. The lowest BCUT2D eigenvalue weighted by Crippen LogP contribution is -2.42. The molecule has 0 unspecified atom stereocenters. The minimum atomic E-state index is -3.00. The van der Waals surface area contributed by atoms with Crippen LogP contribution in [0.5, 0.6) is 0 Å². The van der Waals surface area contributed by atoms with Gasteiger partial charge < -0.3 is 0 Å². The van der Waals surface area contributed by atoms with Crippen molar-refractivity contribution in [1.29, 1.82) is 0 Å². The lowest BCUT2D eigenvalue weighted by molar-refractivity contribution is -0.122. The molecule has 0 spiro atoms. The zero-order chi connectivity index (χ0) is 15.5. The first-order valence-electron chi connectivity index (χ1n) is 6.41. The number of nitrogens with one attached hydrogen (secondary N) is 2. The van der Waals surface area contributed by atoms with E-state index in [4.69, 9.17) is 11.6 Å². The van der Waals surface area contributed by atoms with Gasteiger partial charge >= 0.3 is 0 Å². The molecule has 0 aliphatic carbocycles. The van der Waals surface area contributed by atoms with Gasteiger partial charge in [-0.15, -0.1) is 0 Å². The predicted octanol–water partition coefficient (Wildman–Crippen LogP) is 0.926. The molecular formula is C13H15ClN2O4S. The highest BCUT2D eigenvalue weighted by Gasteiger charge is 2.29. The number of benzene rings is 1. The summed E-state index contributed by atoms with van der Waals surface area (Å²) in [6.45, 7) is 0. The summed E-state index contributed by atoms with van der Waals surface area (Å²) in [6, 6.07) is 6.21. The predicted molar refractivity (Wildman–Crippen MR) is 78.4 cm³/mol. The van der Waals surface area contributed by atoms with Crippen LogP contribution in [0.3, 0.4) is 0 Å². The zero-order valence-electron chi connectivity index (χ0n) is 11.1. The summed E-state index contributed by atoms with van der Waals surface area (Å²) in [6.07, 6.45) is 0.570. The van der Waals surface area contributed by atoms with Gasteiger partial charge in [0.15, 0.2) is 9.84 Å². The Morgan fingerprint density at radius 3 is 2.43 bits per heavy atom.